The van der Waals surface area contributed by atoms with Crippen LogP contribution >= 0.6 is 0 Å². The van der Waals surface area contributed by atoms with E-state index in [0.717, 1.165) is 0 Å². The first kappa shape index (κ1) is 13.5. The van der Waals surface area contributed by atoms with E-state index >= 15 is 0 Å². The molecule has 1 aromatic rings. The van der Waals surface area contributed by atoms with Gasteiger partial charge in [-0.05, 0) is 18.1 Å². The number of nitrogens with one attached hydrogen (secondary N) is 2. The minimum Gasteiger partial charge on any atom is -0.507 e. The highest BCUT2D eigenvalue weighted by Crippen LogP contribution is 2.25. The molecule has 0 aliphatic carbocycles. The van der Waals surface area contributed by atoms with Crippen LogP contribution in [0.25, 0.3) is 6.08 Å². The molecule has 20 heavy (non-hydrogen) atoms. The fraction of sp³-hybridized carbons (Fsp3) is 0.0714. The van der Waals surface area contributed by atoms with Crippen molar-refractivity contribution in [2.75, 3.05) is 0 Å². The molecular formula is C14H12N2O4. The second kappa shape index (κ2) is 5.40. The van der Waals surface area contributed by atoms with Crippen molar-refractivity contribution in [2.24, 2.45) is 0 Å². The molecule has 0 bridgehead atoms. The molecule has 0 radical (unpaired) electrons. The van der Waals surface area contributed by atoms with Crippen molar-refractivity contribution in [1.29, 1.82) is 0 Å². The number of amides is 4. The molecule has 1 aromatic carbocycles. The topological polar surface area (TPSA) is 95.5 Å². The van der Waals surface area contributed by atoms with E-state index in [4.69, 9.17) is 0 Å². The number of rotatable bonds is 3. The molecule has 1 heterocycles. The van der Waals surface area contributed by atoms with Crippen LogP contribution in [0.2, 0.25) is 0 Å². The lowest BCUT2D eigenvalue weighted by atomic mass is 10.0. The van der Waals surface area contributed by atoms with E-state index in [2.05, 4.69) is 6.58 Å². The Morgan fingerprint density at radius 2 is 1.80 bits per heavy atom. The van der Waals surface area contributed by atoms with Crippen molar-refractivity contribution < 1.29 is 19.5 Å². The van der Waals surface area contributed by atoms with Crippen LogP contribution in [-0.2, 0) is 16.0 Å². The Hall–Kier alpha value is -2.89. The summed E-state index contributed by atoms with van der Waals surface area (Å²) in [6.45, 7) is 3.58. The molecule has 0 atom stereocenters. The minimum atomic E-state index is -0.859. The summed E-state index contributed by atoms with van der Waals surface area (Å²) < 4.78 is 0. The van der Waals surface area contributed by atoms with E-state index in [0.29, 0.717) is 17.5 Å². The van der Waals surface area contributed by atoms with Crippen LogP contribution in [-0.4, -0.2) is 23.0 Å². The maximum atomic E-state index is 11.6. The summed E-state index contributed by atoms with van der Waals surface area (Å²) in [5.41, 5.74) is 0.705. The summed E-state index contributed by atoms with van der Waals surface area (Å²) in [4.78, 5) is 34.1. The fourth-order valence-electron chi connectivity index (χ4n) is 1.81. The van der Waals surface area contributed by atoms with E-state index in [9.17, 15) is 19.5 Å². The smallest absolute Gasteiger partial charge is 0.328 e. The number of allylic oxidation sites excluding steroid dienone is 1. The number of imide groups is 2. The van der Waals surface area contributed by atoms with Gasteiger partial charge in [0, 0.05) is 5.56 Å². The van der Waals surface area contributed by atoms with E-state index in [1.54, 1.807) is 24.3 Å². The van der Waals surface area contributed by atoms with Crippen molar-refractivity contribution in [2.45, 2.75) is 6.42 Å². The van der Waals surface area contributed by atoms with Crippen LogP contribution in [0.4, 0.5) is 4.79 Å². The van der Waals surface area contributed by atoms with E-state index < -0.39 is 17.8 Å². The number of urea groups is 1. The monoisotopic (exact) mass is 272 g/mol. The van der Waals surface area contributed by atoms with Crippen LogP contribution < -0.4 is 10.6 Å². The van der Waals surface area contributed by atoms with Gasteiger partial charge in [0.25, 0.3) is 11.8 Å². The normalized spacial score (nSPS) is 14.6. The highest BCUT2D eigenvalue weighted by molar-refractivity contribution is 6.31. The van der Waals surface area contributed by atoms with Gasteiger partial charge in [0.1, 0.15) is 11.3 Å². The van der Waals surface area contributed by atoms with Gasteiger partial charge in [-0.1, -0.05) is 24.3 Å². The van der Waals surface area contributed by atoms with Gasteiger partial charge < -0.3 is 5.11 Å². The number of phenolic OH excluding ortho intramolecular Hbond substituents is 1. The second-order valence-corrected chi connectivity index (χ2v) is 4.14. The van der Waals surface area contributed by atoms with Gasteiger partial charge in [-0.25, -0.2) is 4.79 Å². The number of barbiturate groups is 1. The van der Waals surface area contributed by atoms with Gasteiger partial charge in [-0.2, -0.15) is 0 Å². The summed E-state index contributed by atoms with van der Waals surface area (Å²) in [6, 6.07) is 4.10. The Labute approximate surface area is 114 Å². The van der Waals surface area contributed by atoms with Crippen LogP contribution in [0.3, 0.4) is 0 Å². The number of hydrogen-bond donors (Lipinski definition) is 3. The molecule has 4 amide bonds. The molecule has 0 spiro atoms. The first-order valence-corrected chi connectivity index (χ1v) is 5.83. The maximum absolute atomic E-state index is 11.6. The zero-order valence-corrected chi connectivity index (χ0v) is 10.5. The van der Waals surface area contributed by atoms with Gasteiger partial charge in [-0.3, -0.25) is 20.2 Å². The lowest BCUT2D eigenvalue weighted by Gasteiger charge is -2.14. The molecule has 1 fully saturated rings. The summed E-state index contributed by atoms with van der Waals surface area (Å²) in [5.74, 6) is -1.63. The van der Waals surface area contributed by atoms with Crippen molar-refractivity contribution in [3.8, 4) is 5.75 Å². The molecule has 3 N–H and O–H groups in total. The number of phenols is 1. The summed E-state index contributed by atoms with van der Waals surface area (Å²) in [5, 5.41) is 14.0. The number of carbonyl (C=O) groups excluding carboxylic acids is 3. The minimum absolute atomic E-state index is 0.0302. The predicted molar refractivity (Wildman–Crippen MR) is 71.7 cm³/mol. The van der Waals surface area contributed by atoms with E-state index in [1.807, 2.05) is 10.6 Å². The molecule has 6 heteroatoms. The highest BCUT2D eigenvalue weighted by Gasteiger charge is 2.27. The lowest BCUT2D eigenvalue weighted by molar-refractivity contribution is -0.123. The Balaban J connectivity index is 2.42. The predicted octanol–water partition coefficient (Wildman–Crippen LogP) is 0.870. The number of benzene rings is 1. The highest BCUT2D eigenvalue weighted by atomic mass is 16.3. The summed E-state index contributed by atoms with van der Waals surface area (Å²) >= 11 is 0. The number of para-hydroxylation sites is 1. The third-order valence-corrected chi connectivity index (χ3v) is 2.76. The zero-order valence-electron chi connectivity index (χ0n) is 10.5. The van der Waals surface area contributed by atoms with E-state index in [1.165, 1.54) is 6.08 Å². The molecule has 6 nitrogen and oxygen atoms in total. The fourth-order valence-corrected chi connectivity index (χ4v) is 1.81. The van der Waals surface area contributed by atoms with Crippen molar-refractivity contribution in [1.82, 2.24) is 10.6 Å². The first-order chi connectivity index (χ1) is 9.52. The molecule has 102 valence electrons. The molecule has 1 aliphatic rings. The third-order valence-electron chi connectivity index (χ3n) is 2.76. The average molecular weight is 272 g/mol. The quantitative estimate of drug-likeness (QED) is 0.432. The summed E-state index contributed by atoms with van der Waals surface area (Å²) in [6.07, 6.45) is 3.32. The Morgan fingerprint density at radius 3 is 2.40 bits per heavy atom. The van der Waals surface area contributed by atoms with Crippen molar-refractivity contribution in [3.63, 3.8) is 0 Å². The first-order valence-electron chi connectivity index (χ1n) is 5.83. The van der Waals surface area contributed by atoms with Crippen LogP contribution in [0.5, 0.6) is 5.75 Å². The average Bonchev–Trinajstić information content (AvgIpc) is 2.38. The Morgan fingerprint density at radius 1 is 1.15 bits per heavy atom. The molecule has 1 aliphatic heterocycles. The SMILES string of the molecule is C=CCc1cccc(C=C2C(=O)NC(=O)NC2=O)c1O. The van der Waals surface area contributed by atoms with Gasteiger partial charge >= 0.3 is 6.03 Å². The maximum Gasteiger partial charge on any atom is 0.328 e. The van der Waals surface area contributed by atoms with Gasteiger partial charge in [0.15, 0.2) is 0 Å². The number of aromatic hydroxyl groups is 1. The van der Waals surface area contributed by atoms with Crippen molar-refractivity contribution >= 4 is 23.9 Å². The molecule has 0 unspecified atom stereocenters. The summed E-state index contributed by atoms with van der Waals surface area (Å²) in [7, 11) is 0. The van der Waals surface area contributed by atoms with Crippen molar-refractivity contribution in [3.05, 3.63) is 47.6 Å². The van der Waals surface area contributed by atoms with E-state index in [-0.39, 0.29) is 11.3 Å². The van der Waals surface area contributed by atoms with Gasteiger partial charge in [-0.15, -0.1) is 6.58 Å². The molecule has 0 saturated carbocycles. The molecule has 2 rings (SSSR count). The molecule has 0 aromatic heterocycles. The standard InChI is InChI=1S/C14H12N2O4/c1-2-4-8-5-3-6-9(11(8)17)7-10-12(18)15-14(20)16-13(10)19/h2-3,5-7,17H,1,4H2,(H2,15,16,18,19,20). The zero-order chi connectivity index (χ0) is 14.7. The Kier molecular flexibility index (Phi) is 3.65. The van der Waals surface area contributed by atoms with Gasteiger partial charge in [0.2, 0.25) is 0 Å². The molecule has 1 saturated heterocycles. The Bertz CT molecular complexity index is 625. The number of hydrogen-bond acceptors (Lipinski definition) is 4. The molecular weight excluding hydrogens is 260 g/mol. The third kappa shape index (κ3) is 2.59. The number of carbonyl (C=O) groups is 3. The van der Waals surface area contributed by atoms with Crippen LogP contribution in [0, 0.1) is 0 Å². The van der Waals surface area contributed by atoms with Gasteiger partial charge in [0.05, 0.1) is 0 Å². The largest absolute Gasteiger partial charge is 0.507 e. The lowest BCUT2D eigenvalue weighted by Crippen LogP contribution is -2.51. The van der Waals surface area contributed by atoms with Crippen LogP contribution in [0.15, 0.2) is 36.4 Å². The second-order valence-electron chi connectivity index (χ2n) is 4.14. The van der Waals surface area contributed by atoms with Crippen LogP contribution in [0.1, 0.15) is 11.1 Å².